The van der Waals surface area contributed by atoms with Gasteiger partial charge >= 0.3 is 12.1 Å². The molecule has 2 aromatic carbocycles. The third-order valence-electron chi connectivity index (χ3n) is 5.89. The molecule has 3 rings (SSSR count). The van der Waals surface area contributed by atoms with Crippen molar-refractivity contribution in [3.8, 4) is 11.1 Å². The number of amides is 1. The quantitative estimate of drug-likeness (QED) is 0.254. The number of rotatable bonds is 13. The minimum atomic E-state index is -0.826. The number of Topliss-reactive ketones (excluding diaryl/α,β-unsaturated/α-hetero) is 1. The van der Waals surface area contributed by atoms with Gasteiger partial charge in [0.25, 0.3) is 0 Å². The molecule has 0 saturated carbocycles. The second-order valence-corrected chi connectivity index (χ2v) is 8.57. The highest BCUT2D eigenvalue weighted by Crippen LogP contribution is 2.27. The Balaban J connectivity index is 1.31. The normalized spacial score (nSPS) is 14.3. The molecule has 9 nitrogen and oxygen atoms in total. The summed E-state index contributed by atoms with van der Waals surface area (Å²) >= 11 is 0. The molecule has 0 unspecified atom stereocenters. The van der Waals surface area contributed by atoms with Gasteiger partial charge in [-0.3, -0.25) is 15.0 Å². The molecule has 0 bridgehead atoms. The average molecular weight is 483 g/mol. The lowest BCUT2D eigenvalue weighted by Crippen LogP contribution is -2.41. The van der Waals surface area contributed by atoms with Gasteiger partial charge in [-0.1, -0.05) is 48.5 Å². The van der Waals surface area contributed by atoms with Gasteiger partial charge in [-0.15, -0.1) is 0 Å². The second-order valence-electron chi connectivity index (χ2n) is 8.57. The van der Waals surface area contributed by atoms with Gasteiger partial charge in [-0.2, -0.15) is 0 Å². The zero-order valence-electron chi connectivity index (χ0n) is 19.9. The van der Waals surface area contributed by atoms with Crippen LogP contribution in [-0.2, 0) is 14.3 Å². The van der Waals surface area contributed by atoms with E-state index in [9.17, 15) is 14.4 Å². The van der Waals surface area contributed by atoms with E-state index in [0.717, 1.165) is 42.7 Å². The van der Waals surface area contributed by atoms with Crippen molar-refractivity contribution in [2.24, 2.45) is 0 Å². The number of nitrogens with zero attached hydrogens (tertiary/aromatic N) is 1. The summed E-state index contributed by atoms with van der Waals surface area (Å²) in [5.74, 6) is -0.715. The number of aliphatic carboxylic acids is 1. The maximum atomic E-state index is 12.3. The van der Waals surface area contributed by atoms with Crippen LogP contribution in [0.4, 0.5) is 10.5 Å². The summed E-state index contributed by atoms with van der Waals surface area (Å²) in [6.45, 7) is 2.99. The number of ether oxygens (including phenoxy) is 1. The Kier molecular flexibility index (Phi) is 10.5. The number of carboxylic acids is 1. The number of benzene rings is 2. The van der Waals surface area contributed by atoms with E-state index in [2.05, 4.69) is 21.1 Å². The zero-order chi connectivity index (χ0) is 24.9. The van der Waals surface area contributed by atoms with Gasteiger partial charge < -0.3 is 20.1 Å². The molecule has 1 fully saturated rings. The lowest BCUT2D eigenvalue weighted by atomic mass is 10.0. The van der Waals surface area contributed by atoms with Crippen molar-refractivity contribution in [3.63, 3.8) is 0 Å². The minimum absolute atomic E-state index is 0.104. The van der Waals surface area contributed by atoms with Crippen LogP contribution in [0.15, 0.2) is 54.6 Å². The molecule has 1 amide bonds. The van der Waals surface area contributed by atoms with E-state index in [4.69, 9.17) is 9.84 Å². The van der Waals surface area contributed by atoms with Gasteiger partial charge in [0.05, 0.1) is 12.2 Å². The fourth-order valence-electron chi connectivity index (χ4n) is 3.98. The Bertz CT molecular complexity index is 961. The standard InChI is InChI=1S/C26H34N4O5/c31-21(19-27-15-6-11-25(32)33)12-16-30-17-13-22(14-18-30)35-26(34)29-28-24-10-5-4-9-23(24)20-7-2-1-3-8-20/h1-5,7-10,22,27-28H,6,11-19H2,(H,29,34)(H,32,33). The molecular formula is C26H34N4O5. The molecule has 0 spiro atoms. The number of anilines is 1. The van der Waals surface area contributed by atoms with Gasteiger partial charge in [0.15, 0.2) is 0 Å². The number of hydrogen-bond donors (Lipinski definition) is 4. The van der Waals surface area contributed by atoms with Crippen molar-refractivity contribution in [1.29, 1.82) is 0 Å². The monoisotopic (exact) mass is 482 g/mol. The van der Waals surface area contributed by atoms with Gasteiger partial charge in [-0.05, 0) is 37.4 Å². The molecule has 35 heavy (non-hydrogen) atoms. The fourth-order valence-corrected chi connectivity index (χ4v) is 3.98. The number of hydrazine groups is 1. The molecule has 2 aromatic rings. The molecule has 0 aliphatic carbocycles. The molecule has 0 atom stereocenters. The van der Waals surface area contributed by atoms with E-state index >= 15 is 0 Å². The van der Waals surface area contributed by atoms with Crippen LogP contribution in [0.5, 0.6) is 0 Å². The zero-order valence-corrected chi connectivity index (χ0v) is 19.9. The Morgan fingerprint density at radius 2 is 1.69 bits per heavy atom. The lowest BCUT2D eigenvalue weighted by Gasteiger charge is -2.31. The van der Waals surface area contributed by atoms with Crippen molar-refractivity contribution in [1.82, 2.24) is 15.6 Å². The van der Waals surface area contributed by atoms with E-state index in [1.807, 2.05) is 54.6 Å². The molecule has 188 valence electrons. The van der Waals surface area contributed by atoms with Crippen LogP contribution in [0.2, 0.25) is 0 Å². The summed E-state index contributed by atoms with van der Waals surface area (Å²) in [6, 6.07) is 17.7. The summed E-state index contributed by atoms with van der Waals surface area (Å²) in [5.41, 5.74) is 8.41. The first-order valence-electron chi connectivity index (χ1n) is 12.0. The Hall–Kier alpha value is -3.43. The van der Waals surface area contributed by atoms with Crippen LogP contribution >= 0.6 is 0 Å². The van der Waals surface area contributed by atoms with Gasteiger partial charge in [0.2, 0.25) is 0 Å². The predicted octanol–water partition coefficient (Wildman–Crippen LogP) is 3.28. The van der Waals surface area contributed by atoms with Crippen molar-refractivity contribution in [3.05, 3.63) is 54.6 Å². The highest BCUT2D eigenvalue weighted by molar-refractivity contribution is 5.80. The molecule has 4 N–H and O–H groups in total. The average Bonchev–Trinajstić information content (AvgIpc) is 2.87. The summed E-state index contributed by atoms with van der Waals surface area (Å²) in [7, 11) is 0. The number of piperidine rings is 1. The molecule has 1 aliphatic heterocycles. The molecule has 0 radical (unpaired) electrons. The van der Waals surface area contributed by atoms with E-state index in [1.54, 1.807) is 0 Å². The summed E-state index contributed by atoms with van der Waals surface area (Å²) in [6.07, 6.45) is 1.82. The minimum Gasteiger partial charge on any atom is -0.481 e. The fraction of sp³-hybridized carbons (Fsp3) is 0.423. The summed E-state index contributed by atoms with van der Waals surface area (Å²) in [4.78, 5) is 37.0. The van der Waals surface area contributed by atoms with Crippen LogP contribution in [0.1, 0.15) is 32.1 Å². The summed E-state index contributed by atoms with van der Waals surface area (Å²) < 4.78 is 5.57. The summed E-state index contributed by atoms with van der Waals surface area (Å²) in [5, 5.41) is 11.6. The number of carboxylic acid groups (broad SMARTS) is 1. The lowest BCUT2D eigenvalue weighted by molar-refractivity contribution is -0.137. The molecule has 9 heteroatoms. The first-order valence-corrected chi connectivity index (χ1v) is 12.0. The Morgan fingerprint density at radius 3 is 2.43 bits per heavy atom. The largest absolute Gasteiger partial charge is 0.481 e. The highest BCUT2D eigenvalue weighted by atomic mass is 16.6. The number of ketones is 1. The van der Waals surface area contributed by atoms with Gasteiger partial charge in [0.1, 0.15) is 11.9 Å². The van der Waals surface area contributed by atoms with E-state index in [0.29, 0.717) is 25.9 Å². The number of para-hydroxylation sites is 1. The van der Waals surface area contributed by atoms with Crippen LogP contribution < -0.4 is 16.2 Å². The number of likely N-dealkylation sites (tertiary alicyclic amines) is 1. The van der Waals surface area contributed by atoms with Crippen molar-refractivity contribution >= 4 is 23.5 Å². The highest BCUT2D eigenvalue weighted by Gasteiger charge is 2.22. The SMILES string of the molecule is O=C(O)CCCNCC(=O)CCN1CCC(OC(=O)NNc2ccccc2-c2ccccc2)CC1. The maximum Gasteiger partial charge on any atom is 0.426 e. The van der Waals surface area contributed by atoms with Gasteiger partial charge in [-0.25, -0.2) is 10.2 Å². The first kappa shape index (κ1) is 26.2. The van der Waals surface area contributed by atoms with Gasteiger partial charge in [0, 0.05) is 38.0 Å². The first-order chi connectivity index (χ1) is 17.0. The second kappa shape index (κ2) is 14.1. The Morgan fingerprint density at radius 1 is 0.971 bits per heavy atom. The van der Waals surface area contributed by atoms with E-state index < -0.39 is 12.1 Å². The van der Waals surface area contributed by atoms with Crippen LogP contribution in [-0.4, -0.2) is 66.7 Å². The van der Waals surface area contributed by atoms with Crippen molar-refractivity contribution in [2.45, 2.75) is 38.2 Å². The van der Waals surface area contributed by atoms with Crippen molar-refractivity contribution in [2.75, 3.05) is 38.1 Å². The number of carbonyl (C=O) groups excluding carboxylic acids is 2. The van der Waals surface area contributed by atoms with Crippen molar-refractivity contribution < 1.29 is 24.2 Å². The predicted molar refractivity (Wildman–Crippen MR) is 134 cm³/mol. The van der Waals surface area contributed by atoms with Crippen LogP contribution in [0, 0.1) is 0 Å². The number of nitrogens with one attached hydrogen (secondary N) is 3. The molecule has 1 aliphatic rings. The smallest absolute Gasteiger partial charge is 0.426 e. The maximum absolute atomic E-state index is 12.3. The number of hydrogen-bond acceptors (Lipinski definition) is 7. The third kappa shape index (κ3) is 9.38. The molecule has 1 heterocycles. The number of carbonyl (C=O) groups is 3. The van der Waals surface area contributed by atoms with Crippen LogP contribution in [0.25, 0.3) is 11.1 Å². The van der Waals surface area contributed by atoms with E-state index in [1.165, 1.54) is 0 Å². The van der Waals surface area contributed by atoms with E-state index in [-0.39, 0.29) is 24.9 Å². The molecular weight excluding hydrogens is 448 g/mol. The third-order valence-corrected chi connectivity index (χ3v) is 5.89. The topological polar surface area (TPSA) is 120 Å². The molecule has 0 aromatic heterocycles. The molecule has 1 saturated heterocycles. The Labute approximate surface area is 205 Å². The van der Waals surface area contributed by atoms with Crippen LogP contribution in [0.3, 0.4) is 0 Å².